The highest BCUT2D eigenvalue weighted by molar-refractivity contribution is 8.00. The molecule has 2 aliphatic rings. The number of esters is 1. The fourth-order valence-electron chi connectivity index (χ4n) is 4.24. The summed E-state index contributed by atoms with van der Waals surface area (Å²) in [7, 11) is 0. The molecule has 0 saturated carbocycles. The van der Waals surface area contributed by atoms with Gasteiger partial charge in [-0.25, -0.2) is 14.6 Å². The van der Waals surface area contributed by atoms with Crippen molar-refractivity contribution in [2.75, 3.05) is 11.5 Å². The van der Waals surface area contributed by atoms with Crippen LogP contribution in [0.25, 0.3) is 6.08 Å². The number of nitrogen functional groups attached to an aromatic ring is 1. The van der Waals surface area contributed by atoms with Crippen molar-refractivity contribution in [3.63, 3.8) is 0 Å². The Morgan fingerprint density at radius 3 is 2.65 bits per heavy atom. The highest BCUT2D eigenvalue weighted by atomic mass is 32.2. The highest BCUT2D eigenvalue weighted by Gasteiger charge is 2.54. The van der Waals surface area contributed by atoms with Crippen molar-refractivity contribution in [3.8, 4) is 0 Å². The molecule has 1 fully saturated rings. The second-order valence-electron chi connectivity index (χ2n) is 9.27. The average molecular weight is 631 g/mol. The standard InChI is InChI=1S/C27H30N6O8S2/c1-4-17(5-2)41-27(37)40-14(3)39-25(36)21-16(9-8-15-7-6-10-29-11-15)12-42-24-20(23(35)33(21)24)31-22(34)19(32-38)18-13-43-26(28)30-18/h6-11,13-14,17,20,24,38H,4-5,12H2,1-3H3,(H2,28,30)(H,31,34)/b9-8-,32-19-/t14?,20-,24-/m1/s1. The number of carbonyl (C=O) groups is 4. The topological polar surface area (TPSA) is 196 Å². The van der Waals surface area contributed by atoms with Crippen molar-refractivity contribution in [3.05, 3.63) is 58.5 Å². The SMILES string of the molecule is CCC(CC)OC(=O)OC(C)OC(=O)C1=C(/C=C\c2cccnc2)CS[C@@H]2[C@H](NC(=O)/C(=N\O)c3csc(N)n3)C(=O)N12. The van der Waals surface area contributed by atoms with Crippen molar-refractivity contribution in [2.24, 2.45) is 5.16 Å². The zero-order valence-corrected chi connectivity index (χ0v) is 25.1. The van der Waals surface area contributed by atoms with E-state index in [1.807, 2.05) is 19.9 Å². The van der Waals surface area contributed by atoms with E-state index < -0.39 is 47.4 Å². The first-order chi connectivity index (χ1) is 20.7. The summed E-state index contributed by atoms with van der Waals surface area (Å²) in [6.45, 7) is 5.08. The van der Waals surface area contributed by atoms with E-state index in [0.717, 1.165) is 16.9 Å². The Morgan fingerprint density at radius 2 is 2.02 bits per heavy atom. The van der Waals surface area contributed by atoms with Crippen LogP contribution in [0.15, 0.2) is 52.4 Å². The fraction of sp³-hybridized carbons (Fsp3) is 0.370. The Labute approximate surface area is 255 Å². The molecule has 3 atom stereocenters. The number of oxime groups is 1. The van der Waals surface area contributed by atoms with Crippen LogP contribution in [0.4, 0.5) is 9.93 Å². The number of fused-ring (bicyclic) bond motifs is 1. The highest BCUT2D eigenvalue weighted by Crippen LogP contribution is 2.41. The summed E-state index contributed by atoms with van der Waals surface area (Å²) < 4.78 is 15.7. The number of thioether (sulfide) groups is 1. The molecule has 4 N–H and O–H groups in total. The van der Waals surface area contributed by atoms with Crippen molar-refractivity contribution in [1.29, 1.82) is 0 Å². The molecule has 4 rings (SSSR count). The van der Waals surface area contributed by atoms with E-state index >= 15 is 0 Å². The van der Waals surface area contributed by atoms with Crippen LogP contribution in [-0.2, 0) is 28.6 Å². The minimum Gasteiger partial charge on any atom is -0.431 e. The molecule has 1 saturated heterocycles. The normalized spacial score (nSPS) is 19.1. The summed E-state index contributed by atoms with van der Waals surface area (Å²) in [5, 5.41) is 15.9. The third kappa shape index (κ3) is 7.32. The van der Waals surface area contributed by atoms with E-state index in [4.69, 9.17) is 19.9 Å². The molecule has 43 heavy (non-hydrogen) atoms. The van der Waals surface area contributed by atoms with Crippen LogP contribution >= 0.6 is 23.1 Å². The molecular formula is C27H30N6O8S2. The first-order valence-electron chi connectivity index (χ1n) is 13.2. The van der Waals surface area contributed by atoms with Gasteiger partial charge in [-0.15, -0.1) is 23.1 Å². The second-order valence-corrected chi connectivity index (χ2v) is 11.3. The van der Waals surface area contributed by atoms with Gasteiger partial charge in [-0.05, 0) is 30.0 Å². The Hall–Kier alpha value is -4.44. The Kier molecular flexibility index (Phi) is 10.4. The van der Waals surface area contributed by atoms with Crippen LogP contribution in [0.5, 0.6) is 0 Å². The molecule has 1 unspecified atom stereocenters. The van der Waals surface area contributed by atoms with Crippen molar-refractivity contribution in [1.82, 2.24) is 20.2 Å². The summed E-state index contributed by atoms with van der Waals surface area (Å²) in [5.41, 5.74) is 6.41. The number of hydrogen-bond donors (Lipinski definition) is 3. The molecule has 2 aromatic rings. The van der Waals surface area contributed by atoms with Crippen LogP contribution in [0.2, 0.25) is 0 Å². The van der Waals surface area contributed by atoms with Crippen LogP contribution in [0.1, 0.15) is 44.9 Å². The number of pyridine rings is 1. The molecule has 0 aliphatic carbocycles. The van der Waals surface area contributed by atoms with Gasteiger partial charge in [0, 0.05) is 30.5 Å². The largest absolute Gasteiger partial charge is 0.511 e. The molecule has 4 heterocycles. The van der Waals surface area contributed by atoms with E-state index in [1.54, 1.807) is 30.6 Å². The van der Waals surface area contributed by atoms with Crippen LogP contribution in [-0.4, -0.2) is 79.3 Å². The molecule has 0 bridgehead atoms. The number of hydrogen-bond acceptors (Lipinski definition) is 14. The molecule has 0 radical (unpaired) electrons. The number of nitrogens with one attached hydrogen (secondary N) is 1. The van der Waals surface area contributed by atoms with Crippen LogP contribution < -0.4 is 11.1 Å². The van der Waals surface area contributed by atoms with Gasteiger partial charge in [0.2, 0.25) is 6.29 Å². The quantitative estimate of drug-likeness (QED) is 0.0821. The van der Waals surface area contributed by atoms with Gasteiger partial charge in [-0.2, -0.15) is 0 Å². The number of anilines is 1. The van der Waals surface area contributed by atoms with Gasteiger partial charge in [0.15, 0.2) is 10.8 Å². The lowest BCUT2D eigenvalue weighted by Crippen LogP contribution is -2.71. The third-order valence-corrected chi connectivity index (χ3v) is 8.40. The van der Waals surface area contributed by atoms with Crippen molar-refractivity contribution < 1.29 is 38.6 Å². The number of allylic oxidation sites excluding steroid dienone is 1. The van der Waals surface area contributed by atoms with Gasteiger partial charge < -0.3 is 30.5 Å². The lowest BCUT2D eigenvalue weighted by atomic mass is 10.0. The van der Waals surface area contributed by atoms with E-state index in [1.165, 1.54) is 29.0 Å². The number of ether oxygens (including phenoxy) is 3. The summed E-state index contributed by atoms with van der Waals surface area (Å²) in [6.07, 6.45) is 5.21. The maximum absolute atomic E-state index is 13.4. The first-order valence-corrected chi connectivity index (χ1v) is 15.2. The Balaban J connectivity index is 1.53. The number of nitrogens with zero attached hydrogens (tertiary/aromatic N) is 4. The van der Waals surface area contributed by atoms with Gasteiger partial charge in [-0.3, -0.25) is 19.5 Å². The molecule has 0 spiro atoms. The summed E-state index contributed by atoms with van der Waals surface area (Å²) in [4.78, 5) is 61.0. The lowest BCUT2D eigenvalue weighted by molar-refractivity contribution is -0.169. The Bertz CT molecular complexity index is 1460. The number of nitrogens with two attached hydrogens (primary N) is 1. The minimum absolute atomic E-state index is 0.0473. The molecule has 16 heteroatoms. The number of β-lactam (4-membered cyclic amide) rings is 1. The molecular weight excluding hydrogens is 600 g/mol. The van der Waals surface area contributed by atoms with Crippen molar-refractivity contribution in [2.45, 2.75) is 57.4 Å². The fourth-order valence-corrected chi connectivity index (χ4v) is 6.10. The molecule has 2 aliphatic heterocycles. The monoisotopic (exact) mass is 630 g/mol. The third-order valence-electron chi connectivity index (χ3n) is 6.43. The predicted molar refractivity (Wildman–Crippen MR) is 158 cm³/mol. The molecule has 0 aromatic carbocycles. The predicted octanol–water partition coefficient (Wildman–Crippen LogP) is 2.90. The number of rotatable bonds is 11. The summed E-state index contributed by atoms with van der Waals surface area (Å²) in [5.74, 6) is -2.08. The van der Waals surface area contributed by atoms with E-state index in [0.29, 0.717) is 18.4 Å². The Morgan fingerprint density at radius 1 is 1.26 bits per heavy atom. The number of aromatic nitrogens is 2. The number of amides is 2. The van der Waals surface area contributed by atoms with Crippen LogP contribution in [0, 0.1) is 0 Å². The maximum atomic E-state index is 13.4. The maximum Gasteiger partial charge on any atom is 0.511 e. The zero-order valence-electron chi connectivity index (χ0n) is 23.5. The van der Waals surface area contributed by atoms with Crippen LogP contribution in [0.3, 0.4) is 0 Å². The second kappa shape index (κ2) is 14.2. The summed E-state index contributed by atoms with van der Waals surface area (Å²) in [6, 6.07) is 2.53. The lowest BCUT2D eigenvalue weighted by Gasteiger charge is -2.49. The van der Waals surface area contributed by atoms with Gasteiger partial charge in [0.1, 0.15) is 28.9 Å². The number of carbonyl (C=O) groups excluding carboxylic acids is 4. The number of thiazole rings is 1. The van der Waals surface area contributed by atoms with E-state index in [-0.39, 0.29) is 28.4 Å². The van der Waals surface area contributed by atoms with Crippen molar-refractivity contribution >= 4 is 64.0 Å². The van der Waals surface area contributed by atoms with Gasteiger partial charge in [0.25, 0.3) is 11.8 Å². The molecule has 2 amide bonds. The van der Waals surface area contributed by atoms with Gasteiger partial charge >= 0.3 is 12.1 Å². The van der Waals surface area contributed by atoms with E-state index in [9.17, 15) is 24.4 Å². The van der Waals surface area contributed by atoms with E-state index in [2.05, 4.69) is 20.4 Å². The smallest absolute Gasteiger partial charge is 0.431 e. The minimum atomic E-state index is -1.32. The summed E-state index contributed by atoms with van der Waals surface area (Å²) >= 11 is 2.36. The zero-order chi connectivity index (χ0) is 31.1. The average Bonchev–Trinajstić information content (AvgIpc) is 3.43. The molecule has 14 nitrogen and oxygen atoms in total. The molecule has 228 valence electrons. The first kappa shape index (κ1) is 31.5. The van der Waals surface area contributed by atoms with Gasteiger partial charge in [0.05, 0.1) is 0 Å². The van der Waals surface area contributed by atoms with Gasteiger partial charge in [-0.1, -0.05) is 37.2 Å². The molecule has 2 aromatic heterocycles.